The Bertz CT molecular complexity index is 342. The molecule has 1 N–H and O–H groups in total. The van der Waals surface area contributed by atoms with Gasteiger partial charge in [-0.3, -0.25) is 0 Å². The molecule has 1 aliphatic carbocycles. The molecule has 1 aromatic carbocycles. The van der Waals surface area contributed by atoms with Gasteiger partial charge in [-0.1, -0.05) is 18.7 Å². The van der Waals surface area contributed by atoms with Crippen LogP contribution in [0, 0.1) is 5.82 Å². The molecule has 1 aliphatic rings. The quantitative estimate of drug-likeness (QED) is 0.771. The Labute approximate surface area is 83.6 Å². The lowest BCUT2D eigenvalue weighted by Crippen LogP contribution is -2.15. The maximum absolute atomic E-state index is 13.1. The zero-order valence-electron chi connectivity index (χ0n) is 8.09. The Morgan fingerprint density at radius 3 is 2.93 bits per heavy atom. The third-order valence-corrected chi connectivity index (χ3v) is 2.45. The summed E-state index contributed by atoms with van der Waals surface area (Å²) in [4.78, 5) is 0. The van der Waals surface area contributed by atoms with Gasteiger partial charge in [0.2, 0.25) is 0 Å². The molecule has 0 spiro atoms. The highest BCUT2D eigenvalue weighted by molar-refractivity contribution is 5.48. The molecule has 2 heteroatoms. The molecule has 1 saturated carbocycles. The molecule has 0 unspecified atom stereocenters. The van der Waals surface area contributed by atoms with Crippen molar-refractivity contribution in [1.29, 1.82) is 0 Å². The second-order valence-electron chi connectivity index (χ2n) is 3.72. The van der Waals surface area contributed by atoms with Crippen LogP contribution in [0.25, 0.3) is 6.08 Å². The Hall–Kier alpha value is -1.15. The second kappa shape index (κ2) is 3.93. The van der Waals surface area contributed by atoms with E-state index in [1.165, 1.54) is 18.9 Å². The molecule has 0 heterocycles. The van der Waals surface area contributed by atoms with Gasteiger partial charge in [0.1, 0.15) is 5.82 Å². The maximum Gasteiger partial charge on any atom is 0.130 e. The summed E-state index contributed by atoms with van der Waals surface area (Å²) in [7, 11) is 0. The minimum atomic E-state index is -0.199. The fourth-order valence-corrected chi connectivity index (χ4v) is 1.41. The Morgan fingerprint density at radius 2 is 2.29 bits per heavy atom. The third-order valence-electron chi connectivity index (χ3n) is 2.45. The van der Waals surface area contributed by atoms with E-state index in [9.17, 15) is 4.39 Å². The molecular formula is C12H14FN. The van der Waals surface area contributed by atoms with Crippen LogP contribution in [-0.2, 0) is 6.54 Å². The van der Waals surface area contributed by atoms with Crippen LogP contribution in [0.2, 0.25) is 0 Å². The number of benzene rings is 1. The van der Waals surface area contributed by atoms with Crippen molar-refractivity contribution in [1.82, 2.24) is 5.32 Å². The molecule has 14 heavy (non-hydrogen) atoms. The Kier molecular flexibility index (Phi) is 2.64. The van der Waals surface area contributed by atoms with Crippen molar-refractivity contribution in [2.75, 3.05) is 0 Å². The van der Waals surface area contributed by atoms with Gasteiger partial charge in [0.15, 0.2) is 0 Å². The van der Waals surface area contributed by atoms with Crippen molar-refractivity contribution in [3.8, 4) is 0 Å². The van der Waals surface area contributed by atoms with Crippen LogP contribution in [0.5, 0.6) is 0 Å². The van der Waals surface area contributed by atoms with Gasteiger partial charge in [-0.2, -0.15) is 0 Å². The van der Waals surface area contributed by atoms with Crippen LogP contribution < -0.4 is 5.32 Å². The summed E-state index contributed by atoms with van der Waals surface area (Å²) >= 11 is 0. The normalized spacial score (nSPS) is 15.5. The highest BCUT2D eigenvalue weighted by atomic mass is 19.1. The van der Waals surface area contributed by atoms with Crippen molar-refractivity contribution >= 4 is 6.08 Å². The van der Waals surface area contributed by atoms with Gasteiger partial charge in [0.25, 0.3) is 0 Å². The van der Waals surface area contributed by atoms with Gasteiger partial charge >= 0.3 is 0 Å². The van der Waals surface area contributed by atoms with E-state index in [0.29, 0.717) is 11.6 Å². The van der Waals surface area contributed by atoms with Crippen LogP contribution in [0.3, 0.4) is 0 Å². The zero-order valence-corrected chi connectivity index (χ0v) is 8.09. The number of halogens is 1. The van der Waals surface area contributed by atoms with Crippen molar-refractivity contribution < 1.29 is 4.39 Å². The summed E-state index contributed by atoms with van der Waals surface area (Å²) in [5, 5.41) is 3.39. The number of hydrogen-bond donors (Lipinski definition) is 1. The molecule has 1 nitrogen and oxygen atoms in total. The van der Waals surface area contributed by atoms with Gasteiger partial charge in [0.05, 0.1) is 0 Å². The van der Waals surface area contributed by atoms with E-state index in [2.05, 4.69) is 11.9 Å². The van der Waals surface area contributed by atoms with Crippen LogP contribution in [0.4, 0.5) is 4.39 Å². The minimum Gasteiger partial charge on any atom is -0.310 e. The molecule has 1 fully saturated rings. The predicted molar refractivity (Wildman–Crippen MR) is 56.4 cm³/mol. The van der Waals surface area contributed by atoms with E-state index in [1.54, 1.807) is 6.08 Å². The first-order valence-corrected chi connectivity index (χ1v) is 4.94. The monoisotopic (exact) mass is 191 g/mol. The molecule has 1 aromatic rings. The molecule has 74 valence electrons. The van der Waals surface area contributed by atoms with Gasteiger partial charge in [-0.15, -0.1) is 0 Å². The third kappa shape index (κ3) is 2.20. The number of rotatable bonds is 4. The SMILES string of the molecule is C=Cc1cc(CNC2CC2)ccc1F. The molecule has 0 aromatic heterocycles. The van der Waals surface area contributed by atoms with E-state index >= 15 is 0 Å². The summed E-state index contributed by atoms with van der Waals surface area (Å²) < 4.78 is 13.1. The summed E-state index contributed by atoms with van der Waals surface area (Å²) in [5.41, 5.74) is 1.70. The van der Waals surface area contributed by atoms with Crippen molar-refractivity contribution in [3.05, 3.63) is 41.7 Å². The second-order valence-corrected chi connectivity index (χ2v) is 3.72. The van der Waals surface area contributed by atoms with E-state index in [-0.39, 0.29) is 5.82 Å². The van der Waals surface area contributed by atoms with E-state index in [4.69, 9.17) is 0 Å². The molecule has 0 atom stereocenters. The average molecular weight is 191 g/mol. The number of nitrogens with one attached hydrogen (secondary N) is 1. The van der Waals surface area contributed by atoms with Crippen LogP contribution in [-0.4, -0.2) is 6.04 Å². The lowest BCUT2D eigenvalue weighted by Gasteiger charge is -2.04. The summed E-state index contributed by atoms with van der Waals surface area (Å²) in [6.45, 7) is 4.41. The molecule has 0 bridgehead atoms. The topological polar surface area (TPSA) is 12.0 Å². The lowest BCUT2D eigenvalue weighted by molar-refractivity contribution is 0.622. The Balaban J connectivity index is 2.05. The van der Waals surface area contributed by atoms with Crippen LogP contribution >= 0.6 is 0 Å². The van der Waals surface area contributed by atoms with Crippen LogP contribution in [0.1, 0.15) is 24.0 Å². The van der Waals surface area contributed by atoms with Crippen molar-refractivity contribution in [2.45, 2.75) is 25.4 Å². The van der Waals surface area contributed by atoms with Gasteiger partial charge in [-0.25, -0.2) is 4.39 Å². The average Bonchev–Trinajstić information content (AvgIpc) is 3.00. The molecular weight excluding hydrogens is 177 g/mol. The molecule has 0 amide bonds. The molecule has 0 radical (unpaired) electrons. The highest BCUT2D eigenvalue weighted by Gasteiger charge is 2.19. The van der Waals surface area contributed by atoms with E-state index in [0.717, 1.165) is 12.1 Å². The minimum absolute atomic E-state index is 0.199. The Morgan fingerprint density at radius 1 is 1.50 bits per heavy atom. The first-order chi connectivity index (χ1) is 6.79. The fourth-order valence-electron chi connectivity index (χ4n) is 1.41. The first-order valence-electron chi connectivity index (χ1n) is 4.94. The zero-order chi connectivity index (χ0) is 9.97. The largest absolute Gasteiger partial charge is 0.310 e. The van der Waals surface area contributed by atoms with Crippen molar-refractivity contribution in [2.24, 2.45) is 0 Å². The van der Waals surface area contributed by atoms with E-state index in [1.807, 2.05) is 12.1 Å². The lowest BCUT2D eigenvalue weighted by atomic mass is 10.1. The fraction of sp³-hybridized carbons (Fsp3) is 0.333. The summed E-state index contributed by atoms with van der Waals surface area (Å²) in [5.74, 6) is -0.199. The van der Waals surface area contributed by atoms with Gasteiger partial charge in [0, 0.05) is 18.2 Å². The molecule has 0 aliphatic heterocycles. The molecule has 0 saturated heterocycles. The smallest absolute Gasteiger partial charge is 0.130 e. The molecule has 2 rings (SSSR count). The van der Waals surface area contributed by atoms with E-state index < -0.39 is 0 Å². The van der Waals surface area contributed by atoms with Crippen LogP contribution in [0.15, 0.2) is 24.8 Å². The van der Waals surface area contributed by atoms with Gasteiger partial charge in [-0.05, 0) is 30.5 Å². The number of hydrogen-bond acceptors (Lipinski definition) is 1. The first kappa shape index (κ1) is 9.41. The summed E-state index contributed by atoms with van der Waals surface area (Å²) in [6.07, 6.45) is 4.10. The highest BCUT2D eigenvalue weighted by Crippen LogP contribution is 2.19. The maximum atomic E-state index is 13.1. The predicted octanol–water partition coefficient (Wildman–Crippen LogP) is 2.72. The summed E-state index contributed by atoms with van der Waals surface area (Å²) in [6, 6.07) is 5.85. The standard InChI is InChI=1S/C12H14FN/c1-2-10-7-9(3-6-12(10)13)8-14-11-4-5-11/h2-3,6-7,11,14H,1,4-5,8H2. The van der Waals surface area contributed by atoms with Crippen molar-refractivity contribution in [3.63, 3.8) is 0 Å². The van der Waals surface area contributed by atoms with Gasteiger partial charge < -0.3 is 5.32 Å².